The Bertz CT molecular complexity index is 1000. The molecule has 3 aromatic rings. The van der Waals surface area contributed by atoms with Gasteiger partial charge in [-0.05, 0) is 31.0 Å². The molecule has 2 aromatic heterocycles. The average molecular weight is 395 g/mol. The van der Waals surface area contributed by atoms with Crippen molar-refractivity contribution < 1.29 is 19.0 Å². The number of carbonyl (C=O) groups excluding carboxylic acids is 1. The predicted molar refractivity (Wildman–Crippen MR) is 109 cm³/mol. The number of ether oxygens (including phenoxy) is 3. The number of aryl methyl sites for hydroxylation is 2. The van der Waals surface area contributed by atoms with Crippen LogP contribution in [0.2, 0.25) is 0 Å². The Morgan fingerprint density at radius 2 is 2.07 bits per heavy atom. The number of nitrogens with zero attached hydrogens (tertiary/aromatic N) is 2. The van der Waals surface area contributed by atoms with Crippen LogP contribution in [0.5, 0.6) is 0 Å². The van der Waals surface area contributed by atoms with Crippen molar-refractivity contribution in [1.82, 2.24) is 9.38 Å². The van der Waals surface area contributed by atoms with Gasteiger partial charge in [0.05, 0.1) is 23.5 Å². The molecule has 0 unspecified atom stereocenters. The third kappa shape index (κ3) is 3.71. The summed E-state index contributed by atoms with van der Waals surface area (Å²) in [5.41, 5.74) is 6.26. The van der Waals surface area contributed by atoms with Crippen molar-refractivity contribution in [3.63, 3.8) is 0 Å². The third-order valence-corrected chi connectivity index (χ3v) is 5.44. The van der Waals surface area contributed by atoms with Crippen LogP contribution in [0, 0.1) is 13.8 Å². The van der Waals surface area contributed by atoms with Gasteiger partial charge < -0.3 is 23.9 Å². The van der Waals surface area contributed by atoms with E-state index in [-0.39, 0.29) is 18.8 Å². The van der Waals surface area contributed by atoms with Gasteiger partial charge in [-0.2, -0.15) is 0 Å². The van der Waals surface area contributed by atoms with Crippen LogP contribution in [0.3, 0.4) is 0 Å². The Morgan fingerprint density at radius 3 is 2.79 bits per heavy atom. The monoisotopic (exact) mass is 395 g/mol. The molecular formula is C22H25N3O4. The van der Waals surface area contributed by atoms with Gasteiger partial charge in [0.1, 0.15) is 6.61 Å². The van der Waals surface area contributed by atoms with E-state index >= 15 is 0 Å². The highest BCUT2D eigenvalue weighted by molar-refractivity contribution is 5.74. The summed E-state index contributed by atoms with van der Waals surface area (Å²) in [4.78, 5) is 15.6. The van der Waals surface area contributed by atoms with Crippen molar-refractivity contribution in [1.29, 1.82) is 0 Å². The number of benzene rings is 1. The van der Waals surface area contributed by atoms with E-state index in [1.807, 2.05) is 31.3 Å². The number of pyridine rings is 1. The summed E-state index contributed by atoms with van der Waals surface area (Å²) < 4.78 is 18.5. The summed E-state index contributed by atoms with van der Waals surface area (Å²) in [5.74, 6) is 0. The maximum Gasteiger partial charge on any atom is 0.295 e. The number of hydrogen-bond acceptors (Lipinski definition) is 6. The molecule has 0 bridgehead atoms. The molecule has 1 aliphatic rings. The number of imidazole rings is 1. The lowest BCUT2D eigenvalue weighted by molar-refractivity contribution is -0.192. The van der Waals surface area contributed by atoms with Gasteiger partial charge in [-0.15, -0.1) is 0 Å². The SMILES string of the molecule is COC[C@@H](OC=O)O[C@@H]1Cc2ccn3c(C)c(C)nc3c2N[C@@H]1c1ccccc1. The van der Waals surface area contributed by atoms with E-state index in [0.29, 0.717) is 12.9 Å². The summed E-state index contributed by atoms with van der Waals surface area (Å²) in [5, 5.41) is 3.64. The lowest BCUT2D eigenvalue weighted by Crippen LogP contribution is -2.39. The molecule has 0 spiro atoms. The van der Waals surface area contributed by atoms with Gasteiger partial charge in [-0.25, -0.2) is 4.98 Å². The predicted octanol–water partition coefficient (Wildman–Crippen LogP) is 3.19. The molecule has 0 saturated carbocycles. The summed E-state index contributed by atoms with van der Waals surface area (Å²) in [6, 6.07) is 12.1. The molecule has 1 N–H and O–H groups in total. The molecule has 0 aliphatic carbocycles. The molecule has 152 valence electrons. The van der Waals surface area contributed by atoms with Crippen molar-refractivity contribution in [3.05, 3.63) is 65.1 Å². The third-order valence-electron chi connectivity index (χ3n) is 5.44. The molecule has 0 fully saturated rings. The smallest absolute Gasteiger partial charge is 0.295 e. The Hall–Kier alpha value is -2.90. The zero-order chi connectivity index (χ0) is 20.4. The second kappa shape index (κ2) is 8.23. The summed E-state index contributed by atoms with van der Waals surface area (Å²) >= 11 is 0. The van der Waals surface area contributed by atoms with Crippen LogP contribution in [-0.2, 0) is 25.4 Å². The van der Waals surface area contributed by atoms with Crippen molar-refractivity contribution in [2.24, 2.45) is 0 Å². The number of aromatic nitrogens is 2. The van der Waals surface area contributed by atoms with E-state index in [0.717, 1.165) is 33.8 Å². The standard InChI is InChI=1S/C22H25N3O4/c1-14-15(2)25-10-9-17-11-18(29-19(12-27-3)28-13-26)20(16-7-5-4-6-8-16)24-21(17)22(25)23-14/h4-10,13,18-20,24H,11-12H2,1-3H3/t18-,19+,20-/m1/s1. The summed E-state index contributed by atoms with van der Waals surface area (Å²) in [6.07, 6.45) is 1.69. The molecule has 7 heteroatoms. The fraction of sp³-hybridized carbons (Fsp3) is 0.364. The van der Waals surface area contributed by atoms with Crippen LogP contribution in [0.25, 0.3) is 5.65 Å². The zero-order valence-electron chi connectivity index (χ0n) is 16.8. The molecule has 0 radical (unpaired) electrons. The minimum atomic E-state index is -0.767. The molecule has 1 aliphatic heterocycles. The summed E-state index contributed by atoms with van der Waals surface area (Å²) in [6.45, 7) is 4.65. The molecule has 7 nitrogen and oxygen atoms in total. The first-order chi connectivity index (χ1) is 14.1. The maximum absolute atomic E-state index is 10.9. The van der Waals surface area contributed by atoms with Crippen molar-refractivity contribution in [3.8, 4) is 0 Å². The van der Waals surface area contributed by atoms with Crippen LogP contribution in [-0.4, -0.2) is 42.0 Å². The molecule has 1 aromatic carbocycles. The number of anilines is 1. The topological polar surface area (TPSA) is 74.1 Å². The normalized spacial score (nSPS) is 19.4. The van der Waals surface area contributed by atoms with E-state index in [9.17, 15) is 4.79 Å². The van der Waals surface area contributed by atoms with E-state index in [1.165, 1.54) is 0 Å². The number of carbonyl (C=O) groups is 1. The maximum atomic E-state index is 10.9. The molecular weight excluding hydrogens is 370 g/mol. The Kier molecular flexibility index (Phi) is 5.51. The highest BCUT2D eigenvalue weighted by Gasteiger charge is 2.34. The molecule has 3 atom stereocenters. The summed E-state index contributed by atoms with van der Waals surface area (Å²) in [7, 11) is 1.55. The first kappa shape index (κ1) is 19.4. The van der Waals surface area contributed by atoms with Crippen LogP contribution >= 0.6 is 0 Å². The minimum Gasteiger partial charge on any atom is -0.435 e. The number of methoxy groups -OCH3 is 1. The van der Waals surface area contributed by atoms with Gasteiger partial charge in [0.2, 0.25) is 6.29 Å². The minimum absolute atomic E-state index is 0.123. The van der Waals surface area contributed by atoms with Crippen molar-refractivity contribution in [2.45, 2.75) is 38.7 Å². The second-order valence-corrected chi connectivity index (χ2v) is 7.22. The molecule has 4 rings (SSSR count). The largest absolute Gasteiger partial charge is 0.435 e. The van der Waals surface area contributed by atoms with E-state index in [1.54, 1.807) is 7.11 Å². The van der Waals surface area contributed by atoms with Crippen molar-refractivity contribution >= 4 is 17.8 Å². The van der Waals surface area contributed by atoms with Gasteiger partial charge in [0.25, 0.3) is 6.47 Å². The van der Waals surface area contributed by atoms with Crippen LogP contribution < -0.4 is 5.32 Å². The number of hydrogen-bond donors (Lipinski definition) is 1. The molecule has 29 heavy (non-hydrogen) atoms. The van der Waals surface area contributed by atoms with Gasteiger partial charge in [0, 0.05) is 25.4 Å². The fourth-order valence-corrected chi connectivity index (χ4v) is 3.88. The molecule has 3 heterocycles. The lowest BCUT2D eigenvalue weighted by Gasteiger charge is -2.36. The van der Waals surface area contributed by atoms with Crippen molar-refractivity contribution in [2.75, 3.05) is 19.0 Å². The Morgan fingerprint density at radius 1 is 1.28 bits per heavy atom. The highest BCUT2D eigenvalue weighted by atomic mass is 16.7. The van der Waals surface area contributed by atoms with E-state index in [2.05, 4.69) is 34.8 Å². The zero-order valence-corrected chi connectivity index (χ0v) is 16.8. The quantitative estimate of drug-likeness (QED) is 0.489. The van der Waals surface area contributed by atoms with Crippen LogP contribution in [0.15, 0.2) is 42.6 Å². The fourth-order valence-electron chi connectivity index (χ4n) is 3.88. The first-order valence-electron chi connectivity index (χ1n) is 9.64. The van der Waals surface area contributed by atoms with Crippen LogP contribution in [0.4, 0.5) is 5.69 Å². The highest BCUT2D eigenvalue weighted by Crippen LogP contribution is 2.37. The van der Waals surface area contributed by atoms with Gasteiger partial charge in [-0.3, -0.25) is 4.79 Å². The first-order valence-corrected chi connectivity index (χ1v) is 9.64. The second-order valence-electron chi connectivity index (χ2n) is 7.22. The van der Waals surface area contributed by atoms with Gasteiger partial charge >= 0.3 is 0 Å². The number of rotatable bonds is 7. The van der Waals surface area contributed by atoms with Crippen LogP contribution in [0.1, 0.15) is 28.6 Å². The number of fused-ring (bicyclic) bond motifs is 3. The molecule has 0 saturated heterocycles. The lowest BCUT2D eigenvalue weighted by atomic mass is 9.91. The van der Waals surface area contributed by atoms with E-state index in [4.69, 9.17) is 19.2 Å². The average Bonchev–Trinajstić information content (AvgIpc) is 3.03. The van der Waals surface area contributed by atoms with E-state index < -0.39 is 6.29 Å². The Balaban J connectivity index is 1.74. The van der Waals surface area contributed by atoms with Gasteiger partial charge in [0.15, 0.2) is 5.65 Å². The Labute approximate surface area is 169 Å². The van der Waals surface area contributed by atoms with Gasteiger partial charge in [-0.1, -0.05) is 30.3 Å². The molecule has 0 amide bonds. The number of nitrogens with one attached hydrogen (secondary N) is 1.